The number of benzene rings is 2. The Balaban J connectivity index is 0.000000393. The first kappa shape index (κ1) is 41.2. The molecule has 0 amide bonds. The van der Waals surface area contributed by atoms with Gasteiger partial charge in [0.05, 0.1) is 0 Å². The number of phenolic OH excluding ortho intramolecular Hbond substituents is 2. The summed E-state index contributed by atoms with van der Waals surface area (Å²) in [4.78, 5) is 0. The number of rotatable bonds is 3. The molecule has 2 fully saturated rings. The van der Waals surface area contributed by atoms with Crippen LogP contribution in [-0.4, -0.2) is 66.1 Å². The van der Waals surface area contributed by atoms with Crippen molar-refractivity contribution in [3.05, 3.63) is 56.6 Å². The van der Waals surface area contributed by atoms with Crippen LogP contribution in [0.1, 0.15) is 89.5 Å². The SMILES string of the molecule is CC(C)(C)c1cc(Cl)cc(C=[N+]2[Co][N+](=Cc3cc(Cl)cc(C(C)(C)C)c3O)[C@@H]3CCCC[C@H]32)c1O.[O-]C(F)(F)C(F)(C(F)(F)F)C(F)(F)F. The van der Waals surface area contributed by atoms with Crippen molar-refractivity contribution in [1.29, 1.82) is 0 Å². The topological polar surface area (TPSA) is 69.5 Å². The number of fused-ring (bicyclic) bond motifs is 1. The quantitative estimate of drug-likeness (QED) is 0.306. The Morgan fingerprint density at radius 3 is 1.24 bits per heavy atom. The number of hydrogen-bond donors (Lipinski definition) is 2. The van der Waals surface area contributed by atoms with E-state index in [0.29, 0.717) is 22.1 Å². The van der Waals surface area contributed by atoms with Crippen LogP contribution in [0.15, 0.2) is 24.3 Å². The zero-order valence-electron chi connectivity index (χ0n) is 27.1. The van der Waals surface area contributed by atoms with Gasteiger partial charge in [-0.15, -0.1) is 0 Å². The standard InChI is InChI=1S/C28H36Cl2N2O2.C4F9O.Co/c1-27(2,3)21-13-19(29)11-17(25(21)33)15-31-23-9-7-8-10-24(23)32-16-18-12-20(30)14-22(26(18)34)28(4,5)6;5-1(2(6,7)8,3(9,10)11)4(12,13)14;/h11-16,23-24,33-34H,7-10H2,1-6H3;;/q;-1;+2/t23-,24-;;/m1../s1. The van der Waals surface area contributed by atoms with Gasteiger partial charge in [0.1, 0.15) is 0 Å². The molecular weight excluding hydrogens is 761 g/mol. The van der Waals surface area contributed by atoms with E-state index >= 15 is 0 Å². The van der Waals surface area contributed by atoms with Gasteiger partial charge in [0.15, 0.2) is 0 Å². The van der Waals surface area contributed by atoms with Gasteiger partial charge < -0.3 is 5.11 Å². The zero-order valence-corrected chi connectivity index (χ0v) is 29.7. The van der Waals surface area contributed by atoms with Gasteiger partial charge in [0, 0.05) is 0 Å². The Labute approximate surface area is 294 Å². The molecule has 5 nitrogen and oxygen atoms in total. The summed E-state index contributed by atoms with van der Waals surface area (Å²) in [5.41, 5.74) is -4.36. The summed E-state index contributed by atoms with van der Waals surface area (Å²) in [6.07, 6.45) is -12.3. The number of hydrogen-bond acceptors (Lipinski definition) is 3. The van der Waals surface area contributed by atoms with Gasteiger partial charge in [-0.25, -0.2) is 13.2 Å². The molecule has 2 aliphatic rings. The van der Waals surface area contributed by atoms with Crippen molar-refractivity contribution in [3.8, 4) is 11.5 Å². The van der Waals surface area contributed by atoms with Crippen molar-refractivity contribution in [2.45, 2.75) is 114 Å². The number of phenols is 2. The van der Waals surface area contributed by atoms with Crippen LogP contribution >= 0.6 is 23.2 Å². The molecule has 2 aromatic rings. The van der Waals surface area contributed by atoms with E-state index in [1.54, 1.807) is 0 Å². The van der Waals surface area contributed by atoms with Crippen LogP contribution in [0.3, 0.4) is 0 Å². The van der Waals surface area contributed by atoms with Gasteiger partial charge in [-0.05, 0) is 0 Å². The molecular formula is C32H36Cl2CoF9N2O3+. The van der Waals surface area contributed by atoms with E-state index in [9.17, 15) is 54.8 Å². The molecule has 1 saturated carbocycles. The average molecular weight is 797 g/mol. The summed E-state index contributed by atoms with van der Waals surface area (Å²) >= 11 is 13.9. The van der Waals surface area contributed by atoms with Crippen LogP contribution in [0.2, 0.25) is 10.0 Å². The maximum absolute atomic E-state index is 12.0. The number of nitrogens with zero attached hydrogens (tertiary/aromatic N) is 2. The summed E-state index contributed by atoms with van der Waals surface area (Å²) in [5.74, 6) is 0.571. The first-order chi connectivity index (χ1) is 22.0. The summed E-state index contributed by atoms with van der Waals surface area (Å²) < 4.78 is 107. The van der Waals surface area contributed by atoms with E-state index in [4.69, 9.17) is 23.2 Å². The van der Waals surface area contributed by atoms with Crippen molar-refractivity contribution in [2.75, 3.05) is 0 Å². The second kappa shape index (κ2) is 14.1. The van der Waals surface area contributed by atoms with Crippen LogP contribution in [0.5, 0.6) is 11.5 Å². The second-order valence-corrected chi connectivity index (χ2v) is 16.0. The van der Waals surface area contributed by atoms with Crippen molar-refractivity contribution in [3.63, 3.8) is 0 Å². The van der Waals surface area contributed by atoms with Crippen LogP contribution in [0.4, 0.5) is 39.5 Å². The third-order valence-electron chi connectivity index (χ3n) is 7.97. The molecule has 1 heterocycles. The summed E-state index contributed by atoms with van der Waals surface area (Å²) in [7, 11) is 0. The molecule has 1 aliphatic carbocycles. The summed E-state index contributed by atoms with van der Waals surface area (Å²) in [5, 5.41) is 32.7. The van der Waals surface area contributed by atoms with Crippen molar-refractivity contribution < 1.29 is 77.2 Å². The predicted octanol–water partition coefficient (Wildman–Crippen LogP) is 8.57. The number of halogens is 11. The van der Waals surface area contributed by atoms with Crippen molar-refractivity contribution >= 4 is 35.6 Å². The zero-order chi connectivity index (χ0) is 37.7. The minimum atomic E-state index is -7.08. The molecule has 0 spiro atoms. The molecule has 0 aromatic heterocycles. The normalized spacial score (nSPS) is 21.3. The molecule has 4 rings (SSSR count). The Morgan fingerprint density at radius 2 is 1.00 bits per heavy atom. The van der Waals surface area contributed by atoms with Gasteiger partial charge >= 0.3 is 244 Å². The smallest absolute Gasteiger partial charge is 0.436 e. The maximum atomic E-state index is 12.0. The molecule has 0 unspecified atom stereocenters. The molecule has 49 heavy (non-hydrogen) atoms. The van der Waals surface area contributed by atoms with Gasteiger partial charge in [-0.3, -0.25) is 0 Å². The van der Waals surface area contributed by atoms with Crippen molar-refractivity contribution in [2.24, 2.45) is 0 Å². The maximum Gasteiger partial charge on any atom is 0.436 e. The predicted molar refractivity (Wildman–Crippen MR) is 161 cm³/mol. The Kier molecular flexibility index (Phi) is 11.8. The molecule has 2 atom stereocenters. The summed E-state index contributed by atoms with van der Waals surface area (Å²) in [6.45, 7) is 12.5. The van der Waals surface area contributed by atoms with E-state index in [0.717, 1.165) is 50.2 Å². The van der Waals surface area contributed by atoms with Crippen LogP contribution < -0.4 is 5.11 Å². The van der Waals surface area contributed by atoms with E-state index in [2.05, 4.69) is 48.8 Å². The van der Waals surface area contributed by atoms with Crippen LogP contribution in [-0.2, 0) is 26.0 Å². The first-order valence-electron chi connectivity index (χ1n) is 14.8. The molecule has 1 aliphatic heterocycles. The number of alkyl halides is 9. The van der Waals surface area contributed by atoms with E-state index in [1.165, 1.54) is 12.8 Å². The fourth-order valence-corrected chi connectivity index (χ4v) is 7.46. The minimum Gasteiger partial charge on any atom is -0.795 e. The third kappa shape index (κ3) is 8.82. The Morgan fingerprint density at radius 1 is 0.673 bits per heavy atom. The molecule has 0 radical (unpaired) electrons. The Bertz CT molecular complexity index is 1480. The molecule has 2 aromatic carbocycles. The average Bonchev–Trinajstić information content (AvgIpc) is 3.26. The fraction of sp³-hybridized carbons (Fsp3) is 0.562. The van der Waals surface area contributed by atoms with E-state index < -0.39 is 24.1 Å². The summed E-state index contributed by atoms with van der Waals surface area (Å²) in [6, 6.07) is 8.02. The molecule has 1 saturated heterocycles. The van der Waals surface area contributed by atoms with Gasteiger partial charge in [-0.2, -0.15) is 26.3 Å². The van der Waals surface area contributed by atoms with Crippen LogP contribution in [0, 0.1) is 0 Å². The third-order valence-corrected chi connectivity index (χ3v) is 9.85. The first-order valence-corrected chi connectivity index (χ1v) is 16.5. The fourth-order valence-electron chi connectivity index (χ4n) is 5.38. The monoisotopic (exact) mass is 796 g/mol. The molecule has 17 heteroatoms. The van der Waals surface area contributed by atoms with E-state index in [1.807, 2.05) is 36.7 Å². The van der Waals surface area contributed by atoms with E-state index in [-0.39, 0.29) is 22.3 Å². The molecule has 277 valence electrons. The van der Waals surface area contributed by atoms with Crippen molar-refractivity contribution in [1.82, 2.24) is 0 Å². The second-order valence-electron chi connectivity index (χ2n) is 13.8. The van der Waals surface area contributed by atoms with Gasteiger partial charge in [0.2, 0.25) is 6.11 Å². The van der Waals surface area contributed by atoms with Gasteiger partial charge in [-0.1, -0.05) is 0 Å². The number of aromatic hydroxyl groups is 2. The Hall–Kier alpha value is -2.20. The largest absolute Gasteiger partial charge is 0.795 e. The van der Waals surface area contributed by atoms with Gasteiger partial charge in [0.25, 0.3) is 0 Å². The minimum absolute atomic E-state index is 0.220. The molecule has 2 N–H and O–H groups in total. The van der Waals surface area contributed by atoms with Crippen LogP contribution in [0.25, 0.3) is 0 Å². The molecule has 0 bridgehead atoms.